The molecule has 0 amide bonds. The van der Waals surface area contributed by atoms with Crippen LogP contribution in [-0.2, 0) is 0 Å². The van der Waals surface area contributed by atoms with Gasteiger partial charge in [-0.3, -0.25) is 0 Å². The number of hydrogen-bond acceptors (Lipinski definition) is 4. The van der Waals surface area contributed by atoms with E-state index in [0.717, 1.165) is 13.1 Å². The van der Waals surface area contributed by atoms with Crippen molar-refractivity contribution in [3.8, 4) is 0 Å². The molecule has 0 bridgehead atoms. The Morgan fingerprint density at radius 1 is 1.56 bits per heavy atom. The Morgan fingerprint density at radius 2 is 2.31 bits per heavy atom. The van der Waals surface area contributed by atoms with Gasteiger partial charge in [0, 0.05) is 20.1 Å². The summed E-state index contributed by atoms with van der Waals surface area (Å²) in [6.45, 7) is 3.57. The molecule has 0 aliphatic heterocycles. The van der Waals surface area contributed by atoms with E-state index in [1.807, 2.05) is 18.9 Å². The maximum absolute atomic E-state index is 13.5. The molecule has 4 nitrogen and oxygen atoms in total. The molecule has 2 rings (SSSR count). The van der Waals surface area contributed by atoms with Crippen molar-refractivity contribution in [2.45, 2.75) is 19.8 Å². The lowest BCUT2D eigenvalue weighted by atomic mass is 10.4. The maximum Gasteiger partial charge on any atom is 0.224 e. The van der Waals surface area contributed by atoms with Gasteiger partial charge < -0.3 is 10.2 Å². The van der Waals surface area contributed by atoms with E-state index in [1.54, 1.807) is 0 Å². The van der Waals surface area contributed by atoms with E-state index in [4.69, 9.17) is 0 Å². The third-order valence-corrected chi connectivity index (χ3v) is 2.65. The van der Waals surface area contributed by atoms with Crippen LogP contribution in [0.5, 0.6) is 0 Å². The lowest BCUT2D eigenvalue weighted by Gasteiger charge is -2.18. The highest BCUT2D eigenvalue weighted by atomic mass is 19.1. The summed E-state index contributed by atoms with van der Waals surface area (Å²) in [4.78, 5) is 9.92. The number of rotatable bonds is 5. The quantitative estimate of drug-likeness (QED) is 0.829. The molecule has 1 heterocycles. The Labute approximate surface area is 94.9 Å². The Kier molecular flexibility index (Phi) is 3.22. The monoisotopic (exact) mass is 224 g/mol. The fraction of sp³-hybridized carbons (Fsp3) is 0.636. The van der Waals surface area contributed by atoms with E-state index in [2.05, 4.69) is 15.3 Å². The van der Waals surface area contributed by atoms with Crippen molar-refractivity contribution in [3.05, 3.63) is 12.0 Å². The number of hydrogen-bond donors (Lipinski definition) is 1. The van der Waals surface area contributed by atoms with Gasteiger partial charge in [0.05, 0.1) is 6.20 Å². The second-order valence-corrected chi connectivity index (χ2v) is 4.22. The summed E-state index contributed by atoms with van der Waals surface area (Å²) in [5.41, 5.74) is 0. The zero-order chi connectivity index (χ0) is 11.5. The number of nitrogens with one attached hydrogen (secondary N) is 1. The predicted molar refractivity (Wildman–Crippen MR) is 62.1 cm³/mol. The van der Waals surface area contributed by atoms with Gasteiger partial charge >= 0.3 is 0 Å². The van der Waals surface area contributed by atoms with Gasteiger partial charge in [0.2, 0.25) is 5.95 Å². The average Bonchev–Trinajstić information content (AvgIpc) is 3.05. The summed E-state index contributed by atoms with van der Waals surface area (Å²) < 4.78 is 13.5. The Balaban J connectivity index is 2.12. The van der Waals surface area contributed by atoms with Crippen molar-refractivity contribution in [1.82, 2.24) is 9.97 Å². The Hall–Kier alpha value is -1.39. The van der Waals surface area contributed by atoms with Gasteiger partial charge in [-0.1, -0.05) is 0 Å². The predicted octanol–water partition coefficient (Wildman–Crippen LogP) is 1.89. The fourth-order valence-corrected chi connectivity index (χ4v) is 1.64. The van der Waals surface area contributed by atoms with Crippen molar-refractivity contribution in [2.24, 2.45) is 5.92 Å². The summed E-state index contributed by atoms with van der Waals surface area (Å²) in [6.07, 6.45) is 3.72. The maximum atomic E-state index is 13.5. The molecule has 1 aromatic rings. The lowest BCUT2D eigenvalue weighted by molar-refractivity contribution is 0.604. The molecule has 0 radical (unpaired) electrons. The van der Waals surface area contributed by atoms with Gasteiger partial charge in [-0.2, -0.15) is 4.98 Å². The van der Waals surface area contributed by atoms with E-state index in [1.165, 1.54) is 19.0 Å². The summed E-state index contributed by atoms with van der Waals surface area (Å²) in [7, 11) is 1.87. The van der Waals surface area contributed by atoms with Gasteiger partial charge in [-0.05, 0) is 25.7 Å². The lowest BCUT2D eigenvalue weighted by Crippen LogP contribution is -2.23. The highest BCUT2D eigenvalue weighted by molar-refractivity contribution is 5.43. The fourth-order valence-electron chi connectivity index (χ4n) is 1.64. The molecule has 0 saturated heterocycles. The van der Waals surface area contributed by atoms with Crippen LogP contribution in [0.15, 0.2) is 6.20 Å². The molecule has 1 aliphatic rings. The Bertz CT molecular complexity index is 365. The molecule has 0 unspecified atom stereocenters. The summed E-state index contributed by atoms with van der Waals surface area (Å²) in [6, 6.07) is 0. The van der Waals surface area contributed by atoms with Gasteiger partial charge in [-0.25, -0.2) is 9.37 Å². The van der Waals surface area contributed by atoms with Gasteiger partial charge in [-0.15, -0.1) is 0 Å². The van der Waals surface area contributed by atoms with Crippen molar-refractivity contribution in [3.63, 3.8) is 0 Å². The number of anilines is 2. The first-order chi connectivity index (χ1) is 7.70. The molecular weight excluding hydrogens is 207 g/mol. The zero-order valence-electron chi connectivity index (χ0n) is 9.70. The highest BCUT2D eigenvalue weighted by Gasteiger charge is 2.24. The van der Waals surface area contributed by atoms with Gasteiger partial charge in [0.1, 0.15) is 0 Å². The molecule has 1 saturated carbocycles. The van der Waals surface area contributed by atoms with E-state index < -0.39 is 0 Å². The van der Waals surface area contributed by atoms with Crippen LogP contribution in [0.3, 0.4) is 0 Å². The highest BCUT2D eigenvalue weighted by Crippen LogP contribution is 2.31. The molecule has 16 heavy (non-hydrogen) atoms. The third-order valence-electron chi connectivity index (χ3n) is 2.65. The third kappa shape index (κ3) is 2.59. The molecule has 0 spiro atoms. The molecule has 1 N–H and O–H groups in total. The van der Waals surface area contributed by atoms with Crippen LogP contribution in [0.4, 0.5) is 16.2 Å². The van der Waals surface area contributed by atoms with Crippen LogP contribution in [0.1, 0.15) is 19.8 Å². The number of nitrogens with zero attached hydrogens (tertiary/aromatic N) is 3. The van der Waals surface area contributed by atoms with E-state index in [-0.39, 0.29) is 5.82 Å². The van der Waals surface area contributed by atoms with Crippen molar-refractivity contribution < 1.29 is 4.39 Å². The van der Waals surface area contributed by atoms with Crippen LogP contribution in [0.25, 0.3) is 0 Å². The first-order valence-electron chi connectivity index (χ1n) is 5.68. The minimum Gasteiger partial charge on any atom is -0.357 e. The van der Waals surface area contributed by atoms with Gasteiger partial charge in [0.25, 0.3) is 0 Å². The molecule has 1 fully saturated rings. The van der Waals surface area contributed by atoms with E-state index in [0.29, 0.717) is 17.7 Å². The topological polar surface area (TPSA) is 41.1 Å². The van der Waals surface area contributed by atoms with Crippen LogP contribution in [0, 0.1) is 11.7 Å². The Morgan fingerprint density at radius 3 is 2.94 bits per heavy atom. The molecule has 5 heteroatoms. The second-order valence-electron chi connectivity index (χ2n) is 4.22. The molecule has 1 aliphatic carbocycles. The minimum absolute atomic E-state index is 0.357. The summed E-state index contributed by atoms with van der Waals surface area (Å²) >= 11 is 0. The molecule has 88 valence electrons. The van der Waals surface area contributed by atoms with Crippen LogP contribution < -0.4 is 10.2 Å². The molecular formula is C11H17FN4. The van der Waals surface area contributed by atoms with E-state index >= 15 is 0 Å². The number of aromatic nitrogens is 2. The summed E-state index contributed by atoms with van der Waals surface area (Å²) in [5.74, 6) is 1.23. The summed E-state index contributed by atoms with van der Waals surface area (Å²) in [5, 5.41) is 2.98. The smallest absolute Gasteiger partial charge is 0.224 e. The van der Waals surface area contributed by atoms with Crippen LogP contribution in [-0.4, -0.2) is 30.1 Å². The molecule has 1 aromatic heterocycles. The van der Waals surface area contributed by atoms with Crippen molar-refractivity contribution in [2.75, 3.05) is 30.4 Å². The minimum atomic E-state index is -0.357. The van der Waals surface area contributed by atoms with Crippen LogP contribution >= 0.6 is 0 Å². The van der Waals surface area contributed by atoms with Crippen molar-refractivity contribution >= 4 is 11.8 Å². The van der Waals surface area contributed by atoms with Gasteiger partial charge in [0.15, 0.2) is 11.6 Å². The molecule has 0 aromatic carbocycles. The SMILES string of the molecule is CCNc1ncc(F)c(N(C)CC2CC2)n1. The second kappa shape index (κ2) is 4.63. The standard InChI is InChI=1S/C11H17FN4/c1-3-13-11-14-6-9(12)10(15-11)16(2)7-8-4-5-8/h6,8H,3-5,7H2,1-2H3,(H,13,14,15). The van der Waals surface area contributed by atoms with Crippen molar-refractivity contribution in [1.29, 1.82) is 0 Å². The normalized spacial score (nSPS) is 14.9. The zero-order valence-corrected chi connectivity index (χ0v) is 9.70. The largest absolute Gasteiger partial charge is 0.357 e. The van der Waals surface area contributed by atoms with Crippen LogP contribution in [0.2, 0.25) is 0 Å². The number of halogens is 1. The average molecular weight is 224 g/mol. The molecule has 0 atom stereocenters. The first kappa shape index (κ1) is 11.1. The van der Waals surface area contributed by atoms with E-state index in [9.17, 15) is 4.39 Å². The first-order valence-corrected chi connectivity index (χ1v) is 5.68.